The molecule has 0 radical (unpaired) electrons. The zero-order chi connectivity index (χ0) is 14.1. The van der Waals surface area contributed by atoms with Crippen molar-refractivity contribution in [2.24, 2.45) is 5.92 Å². The number of carbonyl (C=O) groups excluding carboxylic acids is 1. The predicted molar refractivity (Wildman–Crippen MR) is 82.2 cm³/mol. The molecule has 3 rings (SSSR count). The van der Waals surface area contributed by atoms with Crippen LogP contribution in [0.25, 0.3) is 0 Å². The summed E-state index contributed by atoms with van der Waals surface area (Å²) in [4.78, 5) is 16.6. The van der Waals surface area contributed by atoms with E-state index in [1.54, 1.807) is 0 Å². The third-order valence-electron chi connectivity index (χ3n) is 4.26. The molecule has 0 aromatic heterocycles. The van der Waals surface area contributed by atoms with Gasteiger partial charge in [0.25, 0.3) is 0 Å². The van der Waals surface area contributed by atoms with Gasteiger partial charge in [0.1, 0.15) is 0 Å². The van der Waals surface area contributed by atoms with E-state index in [-0.39, 0.29) is 11.8 Å². The van der Waals surface area contributed by atoms with Gasteiger partial charge in [0.15, 0.2) is 0 Å². The first-order valence-corrected chi connectivity index (χ1v) is 7.48. The second kappa shape index (κ2) is 5.44. The lowest BCUT2D eigenvalue weighted by molar-refractivity contribution is -0.117. The van der Waals surface area contributed by atoms with Crippen molar-refractivity contribution >= 4 is 17.3 Å². The van der Waals surface area contributed by atoms with Crippen LogP contribution in [0.1, 0.15) is 18.4 Å². The maximum absolute atomic E-state index is 11.8. The number of hydrogen-bond donors (Lipinski definition) is 1. The van der Waals surface area contributed by atoms with Crippen molar-refractivity contribution in [3.8, 4) is 0 Å². The van der Waals surface area contributed by atoms with Crippen LogP contribution in [0.5, 0.6) is 0 Å². The molecule has 1 saturated carbocycles. The summed E-state index contributed by atoms with van der Waals surface area (Å²) in [5.74, 6) is 0.435. The summed E-state index contributed by atoms with van der Waals surface area (Å²) in [6, 6.07) is 6.26. The van der Waals surface area contributed by atoms with Crippen LogP contribution in [0.15, 0.2) is 18.2 Å². The van der Waals surface area contributed by atoms with Crippen molar-refractivity contribution in [3.05, 3.63) is 23.8 Å². The number of nitrogens with zero attached hydrogens (tertiary/aromatic N) is 2. The minimum Gasteiger partial charge on any atom is -0.369 e. The number of anilines is 2. The molecule has 1 amide bonds. The summed E-state index contributed by atoms with van der Waals surface area (Å²) in [5, 5.41) is 3.02. The highest BCUT2D eigenvalue weighted by molar-refractivity contribution is 5.94. The number of benzene rings is 1. The second-order valence-electron chi connectivity index (χ2n) is 6.06. The maximum atomic E-state index is 11.8. The minimum atomic E-state index is 0.178. The van der Waals surface area contributed by atoms with Crippen LogP contribution >= 0.6 is 0 Å². The van der Waals surface area contributed by atoms with E-state index in [0.29, 0.717) is 0 Å². The van der Waals surface area contributed by atoms with Gasteiger partial charge in [-0.1, -0.05) is 0 Å². The monoisotopic (exact) mass is 273 g/mol. The highest BCUT2D eigenvalue weighted by atomic mass is 16.2. The third kappa shape index (κ3) is 2.96. The van der Waals surface area contributed by atoms with Crippen LogP contribution in [-0.4, -0.2) is 44.0 Å². The molecular weight excluding hydrogens is 250 g/mol. The average Bonchev–Trinajstić information content (AvgIpc) is 3.25. The van der Waals surface area contributed by atoms with E-state index in [1.807, 2.05) is 6.07 Å². The lowest BCUT2D eigenvalue weighted by Crippen LogP contribution is -2.44. The molecule has 1 aromatic carbocycles. The molecule has 1 aromatic rings. The number of rotatable bonds is 3. The predicted octanol–water partition coefficient (Wildman–Crippen LogP) is 2.10. The average molecular weight is 273 g/mol. The number of piperazine rings is 1. The standard InChI is InChI=1S/C16H23N3O/c1-12-11-14(17-16(20)13-3-4-13)5-6-15(12)19-9-7-18(2)8-10-19/h5-6,11,13H,3-4,7-10H2,1-2H3,(H,17,20). The minimum absolute atomic E-state index is 0.178. The van der Waals surface area contributed by atoms with Gasteiger partial charge in [-0.05, 0) is 50.6 Å². The summed E-state index contributed by atoms with van der Waals surface area (Å²) in [5.41, 5.74) is 3.46. The Hall–Kier alpha value is -1.55. The second-order valence-corrected chi connectivity index (χ2v) is 6.06. The molecular formula is C16H23N3O. The van der Waals surface area contributed by atoms with Gasteiger partial charge >= 0.3 is 0 Å². The van der Waals surface area contributed by atoms with Gasteiger partial charge in [-0.2, -0.15) is 0 Å². The Bertz CT molecular complexity index is 502. The van der Waals surface area contributed by atoms with Crippen molar-refractivity contribution in [1.82, 2.24) is 4.90 Å². The first-order valence-electron chi connectivity index (χ1n) is 7.48. The number of carbonyl (C=O) groups is 1. The first-order chi connectivity index (χ1) is 9.63. The van der Waals surface area contributed by atoms with Gasteiger partial charge in [-0.3, -0.25) is 4.79 Å². The number of likely N-dealkylation sites (N-methyl/N-ethyl adjacent to an activating group) is 1. The molecule has 20 heavy (non-hydrogen) atoms. The van der Waals surface area contributed by atoms with Gasteiger partial charge < -0.3 is 15.1 Å². The molecule has 0 bridgehead atoms. The highest BCUT2D eigenvalue weighted by Gasteiger charge is 2.29. The van der Waals surface area contributed by atoms with E-state index in [2.05, 4.69) is 41.2 Å². The van der Waals surface area contributed by atoms with E-state index < -0.39 is 0 Å². The summed E-state index contributed by atoms with van der Waals surface area (Å²) in [6.07, 6.45) is 2.09. The molecule has 1 N–H and O–H groups in total. The quantitative estimate of drug-likeness (QED) is 0.916. The molecule has 1 heterocycles. The molecule has 0 unspecified atom stereocenters. The summed E-state index contributed by atoms with van der Waals surface area (Å²) in [7, 11) is 2.17. The normalized spacial score (nSPS) is 20.0. The number of amides is 1. The Morgan fingerprint density at radius 1 is 1.20 bits per heavy atom. The van der Waals surface area contributed by atoms with Crippen LogP contribution < -0.4 is 10.2 Å². The van der Waals surface area contributed by atoms with E-state index in [0.717, 1.165) is 44.7 Å². The van der Waals surface area contributed by atoms with Gasteiger partial charge in [-0.25, -0.2) is 0 Å². The SMILES string of the molecule is Cc1cc(NC(=O)C2CC2)ccc1N1CCN(C)CC1. The Labute approximate surface area is 120 Å². The lowest BCUT2D eigenvalue weighted by atomic mass is 10.1. The van der Waals surface area contributed by atoms with E-state index in [4.69, 9.17) is 0 Å². The fourth-order valence-corrected chi connectivity index (χ4v) is 2.73. The molecule has 1 aliphatic heterocycles. The van der Waals surface area contributed by atoms with E-state index in [9.17, 15) is 4.79 Å². The van der Waals surface area contributed by atoms with Crippen LogP contribution in [-0.2, 0) is 4.79 Å². The molecule has 2 aliphatic rings. The number of nitrogens with one attached hydrogen (secondary N) is 1. The van der Waals surface area contributed by atoms with Crippen LogP contribution in [0.4, 0.5) is 11.4 Å². The Morgan fingerprint density at radius 2 is 1.90 bits per heavy atom. The maximum Gasteiger partial charge on any atom is 0.227 e. The van der Waals surface area contributed by atoms with E-state index >= 15 is 0 Å². The fourth-order valence-electron chi connectivity index (χ4n) is 2.73. The lowest BCUT2D eigenvalue weighted by Gasteiger charge is -2.35. The van der Waals surface area contributed by atoms with E-state index in [1.165, 1.54) is 11.3 Å². The molecule has 1 aliphatic carbocycles. The van der Waals surface area contributed by atoms with Crippen molar-refractivity contribution in [2.45, 2.75) is 19.8 Å². The van der Waals surface area contributed by atoms with Crippen molar-refractivity contribution < 1.29 is 4.79 Å². The highest BCUT2D eigenvalue weighted by Crippen LogP contribution is 2.31. The molecule has 1 saturated heterocycles. The van der Waals surface area contributed by atoms with Crippen LogP contribution in [0.2, 0.25) is 0 Å². The summed E-state index contributed by atoms with van der Waals surface area (Å²) < 4.78 is 0. The van der Waals surface area contributed by atoms with Gasteiger partial charge in [0.05, 0.1) is 0 Å². The molecule has 0 spiro atoms. The summed E-state index contributed by atoms with van der Waals surface area (Å²) in [6.45, 7) is 6.50. The Kier molecular flexibility index (Phi) is 3.66. The number of aryl methyl sites for hydroxylation is 1. The first kappa shape index (κ1) is 13.4. The van der Waals surface area contributed by atoms with Crippen molar-refractivity contribution in [2.75, 3.05) is 43.4 Å². The molecule has 2 fully saturated rings. The zero-order valence-electron chi connectivity index (χ0n) is 12.4. The largest absolute Gasteiger partial charge is 0.369 e. The van der Waals surface area contributed by atoms with Gasteiger partial charge in [0.2, 0.25) is 5.91 Å². The Morgan fingerprint density at radius 3 is 2.50 bits per heavy atom. The zero-order valence-corrected chi connectivity index (χ0v) is 12.4. The van der Waals surface area contributed by atoms with Crippen LogP contribution in [0.3, 0.4) is 0 Å². The van der Waals surface area contributed by atoms with Gasteiger partial charge in [0, 0.05) is 43.5 Å². The topological polar surface area (TPSA) is 35.6 Å². The van der Waals surface area contributed by atoms with Gasteiger partial charge in [-0.15, -0.1) is 0 Å². The molecule has 108 valence electrons. The summed E-state index contributed by atoms with van der Waals surface area (Å²) >= 11 is 0. The molecule has 4 nitrogen and oxygen atoms in total. The fraction of sp³-hybridized carbons (Fsp3) is 0.562. The molecule has 4 heteroatoms. The van der Waals surface area contributed by atoms with Crippen molar-refractivity contribution in [3.63, 3.8) is 0 Å². The molecule has 0 atom stereocenters. The number of hydrogen-bond acceptors (Lipinski definition) is 3. The van der Waals surface area contributed by atoms with Crippen molar-refractivity contribution in [1.29, 1.82) is 0 Å². The smallest absolute Gasteiger partial charge is 0.227 e. The third-order valence-corrected chi connectivity index (χ3v) is 4.26. The van der Waals surface area contributed by atoms with Crippen LogP contribution in [0, 0.1) is 12.8 Å². The Balaban J connectivity index is 1.68.